The minimum Gasteiger partial charge on any atom is -0.347 e. The third kappa shape index (κ3) is 3.94. The van der Waals surface area contributed by atoms with Crippen LogP contribution in [0, 0.1) is 6.92 Å². The summed E-state index contributed by atoms with van der Waals surface area (Å²) < 4.78 is 1.58. The van der Waals surface area contributed by atoms with E-state index in [0.29, 0.717) is 23.3 Å². The van der Waals surface area contributed by atoms with Crippen LogP contribution in [0.1, 0.15) is 22.0 Å². The molecule has 3 heterocycles. The Bertz CT molecular complexity index is 876. The van der Waals surface area contributed by atoms with Gasteiger partial charge in [-0.15, -0.1) is 0 Å². The van der Waals surface area contributed by atoms with Crippen molar-refractivity contribution >= 4 is 11.9 Å². The first-order valence-electron chi connectivity index (χ1n) is 7.66. The molecule has 0 aliphatic rings. The van der Waals surface area contributed by atoms with Gasteiger partial charge in [-0.25, -0.2) is 24.6 Å². The molecule has 3 aromatic heterocycles. The summed E-state index contributed by atoms with van der Waals surface area (Å²) in [5.41, 5.74) is 0.991. The van der Waals surface area contributed by atoms with Gasteiger partial charge in [0.1, 0.15) is 11.5 Å². The van der Waals surface area contributed by atoms with Crippen LogP contribution in [0.5, 0.6) is 0 Å². The number of aryl methyl sites for hydroxylation is 1. The van der Waals surface area contributed by atoms with Crippen molar-refractivity contribution in [1.82, 2.24) is 35.0 Å². The Hall–Kier alpha value is -3.36. The molecular formula is C16H18N8O. The van der Waals surface area contributed by atoms with Crippen LogP contribution in [0.15, 0.2) is 36.8 Å². The second-order valence-electron chi connectivity index (χ2n) is 5.53. The summed E-state index contributed by atoms with van der Waals surface area (Å²) in [6.45, 7) is 2.01. The number of anilines is 1. The lowest BCUT2D eigenvalue weighted by atomic mass is 10.3. The molecule has 0 spiro atoms. The summed E-state index contributed by atoms with van der Waals surface area (Å²) in [6.07, 6.45) is 5.07. The Morgan fingerprint density at radius 1 is 1.24 bits per heavy atom. The lowest BCUT2D eigenvalue weighted by molar-refractivity contribution is 0.0945. The van der Waals surface area contributed by atoms with Gasteiger partial charge in [0.25, 0.3) is 5.91 Å². The molecule has 0 fully saturated rings. The SMILES string of the molecule is Cc1nc(C(=O)NCc2ccnc(N(C)C)n2)cc(-n2cccn2)n1. The average Bonchev–Trinajstić information content (AvgIpc) is 3.14. The highest BCUT2D eigenvalue weighted by Gasteiger charge is 2.12. The van der Waals surface area contributed by atoms with Gasteiger partial charge in [-0.1, -0.05) is 0 Å². The molecule has 0 aliphatic heterocycles. The molecule has 1 N–H and O–H groups in total. The maximum atomic E-state index is 12.4. The summed E-state index contributed by atoms with van der Waals surface area (Å²) in [7, 11) is 3.72. The third-order valence-electron chi connectivity index (χ3n) is 3.33. The third-order valence-corrected chi connectivity index (χ3v) is 3.33. The Kier molecular flexibility index (Phi) is 4.64. The summed E-state index contributed by atoms with van der Waals surface area (Å²) in [4.78, 5) is 31.2. The normalized spacial score (nSPS) is 10.5. The first-order valence-corrected chi connectivity index (χ1v) is 7.66. The van der Waals surface area contributed by atoms with Gasteiger partial charge in [0.2, 0.25) is 5.95 Å². The van der Waals surface area contributed by atoms with Crippen molar-refractivity contribution in [3.63, 3.8) is 0 Å². The van der Waals surface area contributed by atoms with Crippen molar-refractivity contribution in [1.29, 1.82) is 0 Å². The fraction of sp³-hybridized carbons (Fsp3) is 0.250. The van der Waals surface area contributed by atoms with E-state index in [1.54, 1.807) is 53.3 Å². The number of amides is 1. The molecule has 1 amide bonds. The summed E-state index contributed by atoms with van der Waals surface area (Å²) in [6, 6.07) is 5.14. The van der Waals surface area contributed by atoms with E-state index >= 15 is 0 Å². The zero-order valence-electron chi connectivity index (χ0n) is 14.2. The number of carbonyl (C=O) groups excluding carboxylic acids is 1. The highest BCUT2D eigenvalue weighted by Crippen LogP contribution is 2.07. The van der Waals surface area contributed by atoms with Gasteiger partial charge < -0.3 is 10.2 Å². The van der Waals surface area contributed by atoms with Crippen LogP contribution in [0.4, 0.5) is 5.95 Å². The van der Waals surface area contributed by atoms with Crippen molar-refractivity contribution in [2.75, 3.05) is 19.0 Å². The number of hydrogen-bond acceptors (Lipinski definition) is 7. The van der Waals surface area contributed by atoms with Crippen molar-refractivity contribution in [3.8, 4) is 5.82 Å². The zero-order valence-corrected chi connectivity index (χ0v) is 14.2. The predicted octanol–water partition coefficient (Wildman–Crippen LogP) is 0.757. The first-order chi connectivity index (χ1) is 12.0. The molecule has 3 aromatic rings. The van der Waals surface area contributed by atoms with Crippen LogP contribution in [0.25, 0.3) is 5.82 Å². The molecule has 0 bridgehead atoms. The zero-order chi connectivity index (χ0) is 17.8. The van der Waals surface area contributed by atoms with E-state index in [0.717, 1.165) is 0 Å². The van der Waals surface area contributed by atoms with E-state index in [4.69, 9.17) is 0 Å². The number of nitrogens with one attached hydrogen (secondary N) is 1. The van der Waals surface area contributed by atoms with Crippen LogP contribution < -0.4 is 10.2 Å². The topological polar surface area (TPSA) is 102 Å². The average molecular weight is 338 g/mol. The molecule has 3 rings (SSSR count). The highest BCUT2D eigenvalue weighted by atomic mass is 16.1. The van der Waals surface area contributed by atoms with E-state index in [1.165, 1.54) is 0 Å². The van der Waals surface area contributed by atoms with Gasteiger partial charge in [0.15, 0.2) is 5.82 Å². The number of carbonyl (C=O) groups is 1. The summed E-state index contributed by atoms with van der Waals surface area (Å²) in [5.74, 6) is 1.32. The fourth-order valence-corrected chi connectivity index (χ4v) is 2.15. The monoisotopic (exact) mass is 338 g/mol. The Labute approximate surface area is 144 Å². The number of aromatic nitrogens is 6. The number of hydrogen-bond donors (Lipinski definition) is 1. The van der Waals surface area contributed by atoms with Crippen molar-refractivity contribution in [2.45, 2.75) is 13.5 Å². The molecule has 0 aliphatic carbocycles. The van der Waals surface area contributed by atoms with Crippen molar-refractivity contribution in [2.24, 2.45) is 0 Å². The summed E-state index contributed by atoms with van der Waals surface area (Å²) in [5, 5.41) is 6.93. The highest BCUT2D eigenvalue weighted by molar-refractivity contribution is 5.92. The number of rotatable bonds is 5. The second-order valence-corrected chi connectivity index (χ2v) is 5.53. The molecule has 0 radical (unpaired) electrons. The van der Waals surface area contributed by atoms with Gasteiger partial charge in [0.05, 0.1) is 12.2 Å². The molecule has 0 saturated carbocycles. The van der Waals surface area contributed by atoms with Gasteiger partial charge >= 0.3 is 0 Å². The maximum Gasteiger partial charge on any atom is 0.270 e. The Morgan fingerprint density at radius 2 is 2.08 bits per heavy atom. The largest absolute Gasteiger partial charge is 0.347 e. The second kappa shape index (κ2) is 7.04. The molecule has 25 heavy (non-hydrogen) atoms. The molecular weight excluding hydrogens is 320 g/mol. The van der Waals surface area contributed by atoms with E-state index in [1.807, 2.05) is 14.1 Å². The van der Waals surface area contributed by atoms with Crippen LogP contribution >= 0.6 is 0 Å². The molecule has 0 aromatic carbocycles. The Morgan fingerprint density at radius 3 is 2.80 bits per heavy atom. The van der Waals surface area contributed by atoms with Crippen LogP contribution in [-0.2, 0) is 6.54 Å². The number of nitrogens with zero attached hydrogens (tertiary/aromatic N) is 7. The van der Waals surface area contributed by atoms with E-state index in [2.05, 4.69) is 30.4 Å². The van der Waals surface area contributed by atoms with Crippen LogP contribution in [0.3, 0.4) is 0 Å². The van der Waals surface area contributed by atoms with E-state index in [-0.39, 0.29) is 18.1 Å². The molecule has 9 heteroatoms. The first kappa shape index (κ1) is 16.5. The Balaban J connectivity index is 1.74. The predicted molar refractivity (Wildman–Crippen MR) is 91.4 cm³/mol. The molecule has 9 nitrogen and oxygen atoms in total. The van der Waals surface area contributed by atoms with Gasteiger partial charge in [0, 0.05) is 38.8 Å². The van der Waals surface area contributed by atoms with Crippen LogP contribution in [0.2, 0.25) is 0 Å². The van der Waals surface area contributed by atoms with Gasteiger partial charge in [-0.2, -0.15) is 5.10 Å². The molecule has 0 saturated heterocycles. The molecule has 0 atom stereocenters. The fourth-order valence-electron chi connectivity index (χ4n) is 2.15. The quantitative estimate of drug-likeness (QED) is 0.732. The molecule has 128 valence electrons. The van der Waals surface area contributed by atoms with E-state index in [9.17, 15) is 4.79 Å². The van der Waals surface area contributed by atoms with Gasteiger partial charge in [-0.3, -0.25) is 4.79 Å². The standard InChI is InChI=1S/C16H18N8O/c1-11-20-13(9-14(21-11)24-8-4-6-19-24)15(25)18-10-12-5-7-17-16(22-12)23(2)3/h4-9H,10H2,1-3H3,(H,18,25). The van der Waals surface area contributed by atoms with Crippen LogP contribution in [-0.4, -0.2) is 49.7 Å². The maximum absolute atomic E-state index is 12.4. The molecule has 0 unspecified atom stereocenters. The van der Waals surface area contributed by atoms with Crippen molar-refractivity contribution < 1.29 is 4.79 Å². The minimum atomic E-state index is -0.302. The summed E-state index contributed by atoms with van der Waals surface area (Å²) >= 11 is 0. The lowest BCUT2D eigenvalue weighted by Gasteiger charge is -2.11. The smallest absolute Gasteiger partial charge is 0.270 e. The van der Waals surface area contributed by atoms with E-state index < -0.39 is 0 Å². The minimum absolute atomic E-state index is 0.278. The lowest BCUT2D eigenvalue weighted by Crippen LogP contribution is -2.25. The van der Waals surface area contributed by atoms with Gasteiger partial charge in [-0.05, 0) is 19.1 Å². The van der Waals surface area contributed by atoms with Crippen molar-refractivity contribution in [3.05, 3.63) is 54.0 Å².